The molecule has 1 N–H and O–H groups in total. The fourth-order valence-corrected chi connectivity index (χ4v) is 5.86. The second kappa shape index (κ2) is 8.67. The SMILES string of the molecule is CCC(=O)NCc1cc2ncn(-c3ccc(OC4C[C@H]5CC[C@@H](C4)N5C)cc3)c(=O)c2s1. The zero-order valence-corrected chi connectivity index (χ0v) is 19.2. The van der Waals surface area contributed by atoms with E-state index in [9.17, 15) is 9.59 Å². The lowest BCUT2D eigenvalue weighted by Gasteiger charge is -2.36. The van der Waals surface area contributed by atoms with Gasteiger partial charge in [-0.1, -0.05) is 6.92 Å². The van der Waals surface area contributed by atoms with E-state index in [0.29, 0.717) is 35.3 Å². The van der Waals surface area contributed by atoms with Crippen molar-refractivity contribution in [2.45, 2.75) is 63.8 Å². The molecule has 3 aromatic rings. The third-order valence-electron chi connectivity index (χ3n) is 6.74. The Bertz CT molecular complexity index is 1170. The average Bonchev–Trinajstić information content (AvgIpc) is 3.30. The molecule has 1 unspecified atom stereocenters. The molecule has 2 fully saturated rings. The van der Waals surface area contributed by atoms with Crippen molar-refractivity contribution in [1.82, 2.24) is 19.8 Å². The second-order valence-electron chi connectivity index (χ2n) is 8.73. The van der Waals surface area contributed by atoms with Crippen LogP contribution in [0.2, 0.25) is 0 Å². The summed E-state index contributed by atoms with van der Waals surface area (Å²) >= 11 is 1.38. The highest BCUT2D eigenvalue weighted by molar-refractivity contribution is 7.18. The van der Waals surface area contributed by atoms with Gasteiger partial charge in [0, 0.05) is 23.4 Å². The molecule has 7 nitrogen and oxygen atoms in total. The summed E-state index contributed by atoms with van der Waals surface area (Å²) in [5.41, 5.74) is 1.32. The second-order valence-corrected chi connectivity index (χ2v) is 9.87. The van der Waals surface area contributed by atoms with E-state index in [0.717, 1.165) is 29.2 Å². The van der Waals surface area contributed by atoms with Crippen molar-refractivity contribution in [3.8, 4) is 11.4 Å². The van der Waals surface area contributed by atoms with Gasteiger partial charge >= 0.3 is 0 Å². The summed E-state index contributed by atoms with van der Waals surface area (Å²) in [4.78, 5) is 32.4. The fraction of sp³-hybridized carbons (Fsp3) is 0.458. The zero-order valence-electron chi connectivity index (χ0n) is 18.4. The van der Waals surface area contributed by atoms with E-state index >= 15 is 0 Å². The minimum absolute atomic E-state index is 0.0111. The van der Waals surface area contributed by atoms with Crippen LogP contribution in [0.3, 0.4) is 0 Å². The Labute approximate surface area is 191 Å². The van der Waals surface area contributed by atoms with Gasteiger partial charge < -0.3 is 15.0 Å². The topological polar surface area (TPSA) is 76.5 Å². The van der Waals surface area contributed by atoms with Crippen LogP contribution in [-0.4, -0.2) is 45.6 Å². The standard InChI is InChI=1S/C24H28N4O3S/c1-3-22(29)25-13-20-12-21-23(32-20)24(30)28(14-26-21)15-6-8-18(9-7-15)31-19-10-16-4-5-17(11-19)27(16)2/h6-9,12,14,16-17,19H,3-5,10-11,13H2,1-2H3,(H,25,29)/t16-,17+,19?. The van der Waals surface area contributed by atoms with Crippen molar-refractivity contribution >= 4 is 27.5 Å². The van der Waals surface area contributed by atoms with Crippen molar-refractivity contribution in [2.24, 2.45) is 0 Å². The normalized spacial score (nSPS) is 22.9. The van der Waals surface area contributed by atoms with Crippen LogP contribution in [0.4, 0.5) is 0 Å². The summed E-state index contributed by atoms with van der Waals surface area (Å²) in [5, 5.41) is 2.84. The maximum absolute atomic E-state index is 13.1. The number of hydrogen-bond acceptors (Lipinski definition) is 6. The Kier molecular flexibility index (Phi) is 5.73. The van der Waals surface area contributed by atoms with Crippen molar-refractivity contribution < 1.29 is 9.53 Å². The Morgan fingerprint density at radius 3 is 2.62 bits per heavy atom. The zero-order chi connectivity index (χ0) is 22.2. The van der Waals surface area contributed by atoms with Crippen LogP contribution in [0.15, 0.2) is 41.5 Å². The molecule has 0 aliphatic carbocycles. The van der Waals surface area contributed by atoms with Gasteiger partial charge in [-0.2, -0.15) is 0 Å². The molecule has 1 aromatic carbocycles. The predicted molar refractivity (Wildman–Crippen MR) is 126 cm³/mol. The molecular formula is C24H28N4O3S. The van der Waals surface area contributed by atoms with Gasteiger partial charge in [-0.25, -0.2) is 4.98 Å². The van der Waals surface area contributed by atoms with Gasteiger partial charge in [-0.05, 0) is 63.1 Å². The molecule has 168 valence electrons. The van der Waals surface area contributed by atoms with Gasteiger partial charge in [-0.15, -0.1) is 11.3 Å². The van der Waals surface area contributed by atoms with Crippen LogP contribution in [0.1, 0.15) is 43.9 Å². The van der Waals surface area contributed by atoms with E-state index in [1.54, 1.807) is 10.9 Å². The van der Waals surface area contributed by atoms with Crippen molar-refractivity contribution in [2.75, 3.05) is 7.05 Å². The number of aromatic nitrogens is 2. The van der Waals surface area contributed by atoms with Crippen LogP contribution in [-0.2, 0) is 11.3 Å². The van der Waals surface area contributed by atoms with Crippen LogP contribution in [0, 0.1) is 0 Å². The molecule has 2 aliphatic heterocycles. The van der Waals surface area contributed by atoms with Crippen molar-refractivity contribution in [3.05, 3.63) is 51.9 Å². The molecular weight excluding hydrogens is 424 g/mol. The number of carbonyl (C=O) groups excluding carboxylic acids is 1. The molecule has 2 aliphatic rings. The molecule has 4 heterocycles. The lowest BCUT2D eigenvalue weighted by atomic mass is 10.0. The van der Waals surface area contributed by atoms with Gasteiger partial charge in [0.2, 0.25) is 5.91 Å². The van der Waals surface area contributed by atoms with E-state index in [4.69, 9.17) is 4.74 Å². The Hall–Kier alpha value is -2.71. The molecule has 0 spiro atoms. The highest BCUT2D eigenvalue weighted by atomic mass is 32.1. The van der Waals surface area contributed by atoms with Crippen LogP contribution in [0.5, 0.6) is 5.75 Å². The quantitative estimate of drug-likeness (QED) is 0.620. The highest BCUT2D eigenvalue weighted by Crippen LogP contribution is 2.36. The van der Waals surface area contributed by atoms with Crippen LogP contribution < -0.4 is 15.6 Å². The van der Waals surface area contributed by atoms with E-state index in [1.165, 1.54) is 24.2 Å². The van der Waals surface area contributed by atoms with Crippen LogP contribution in [0.25, 0.3) is 15.9 Å². The molecule has 3 atom stereocenters. The van der Waals surface area contributed by atoms with Crippen molar-refractivity contribution in [1.29, 1.82) is 0 Å². The monoisotopic (exact) mass is 452 g/mol. The molecule has 0 saturated carbocycles. The number of fused-ring (bicyclic) bond motifs is 3. The molecule has 8 heteroatoms. The Morgan fingerprint density at radius 2 is 1.94 bits per heavy atom. The van der Waals surface area contributed by atoms with Gasteiger partial charge in [0.25, 0.3) is 5.56 Å². The minimum Gasteiger partial charge on any atom is -0.490 e. The maximum atomic E-state index is 13.1. The number of piperidine rings is 1. The molecule has 5 rings (SSSR count). The minimum atomic E-state index is -0.103. The molecule has 1 amide bonds. The van der Waals surface area contributed by atoms with Crippen molar-refractivity contribution in [3.63, 3.8) is 0 Å². The molecule has 2 aromatic heterocycles. The Balaban J connectivity index is 1.31. The summed E-state index contributed by atoms with van der Waals surface area (Å²) in [6.45, 7) is 2.23. The Morgan fingerprint density at radius 1 is 1.22 bits per heavy atom. The number of nitrogens with zero attached hydrogens (tertiary/aromatic N) is 3. The van der Waals surface area contributed by atoms with Crippen LogP contribution >= 0.6 is 11.3 Å². The van der Waals surface area contributed by atoms with Gasteiger partial charge in [0.1, 0.15) is 22.9 Å². The third kappa shape index (κ3) is 4.04. The molecule has 2 bridgehead atoms. The summed E-state index contributed by atoms with van der Waals surface area (Å²) < 4.78 is 8.43. The average molecular weight is 453 g/mol. The lowest BCUT2D eigenvalue weighted by molar-refractivity contribution is -0.120. The summed E-state index contributed by atoms with van der Waals surface area (Å²) in [5.74, 6) is 0.831. The number of benzene rings is 1. The first-order valence-corrected chi connectivity index (χ1v) is 12.1. The molecule has 0 radical (unpaired) electrons. The van der Waals surface area contributed by atoms with E-state index in [-0.39, 0.29) is 17.6 Å². The van der Waals surface area contributed by atoms with E-state index in [2.05, 4.69) is 22.2 Å². The lowest BCUT2D eigenvalue weighted by Crippen LogP contribution is -2.43. The van der Waals surface area contributed by atoms with Gasteiger partial charge in [0.15, 0.2) is 0 Å². The molecule has 2 saturated heterocycles. The molecule has 32 heavy (non-hydrogen) atoms. The fourth-order valence-electron chi connectivity index (χ4n) is 4.88. The first-order chi connectivity index (χ1) is 15.5. The largest absolute Gasteiger partial charge is 0.490 e. The van der Waals surface area contributed by atoms with Gasteiger partial charge in [0.05, 0.1) is 17.7 Å². The third-order valence-corrected chi connectivity index (χ3v) is 7.85. The number of nitrogens with one attached hydrogen (secondary N) is 1. The highest BCUT2D eigenvalue weighted by Gasteiger charge is 2.39. The van der Waals surface area contributed by atoms with E-state index in [1.807, 2.05) is 37.3 Å². The number of thiophene rings is 1. The number of hydrogen-bond donors (Lipinski definition) is 1. The van der Waals surface area contributed by atoms with E-state index < -0.39 is 0 Å². The summed E-state index contributed by atoms with van der Waals surface area (Å²) in [6, 6.07) is 10.8. The predicted octanol–water partition coefficient (Wildman–Crippen LogP) is 3.48. The maximum Gasteiger partial charge on any atom is 0.275 e. The summed E-state index contributed by atoms with van der Waals surface area (Å²) in [7, 11) is 2.23. The number of carbonyl (C=O) groups is 1. The van der Waals surface area contributed by atoms with Gasteiger partial charge in [-0.3, -0.25) is 14.2 Å². The number of ether oxygens (including phenoxy) is 1. The first kappa shape index (κ1) is 21.2. The summed E-state index contributed by atoms with van der Waals surface area (Å²) in [6.07, 6.45) is 6.96. The number of rotatable bonds is 6. The smallest absolute Gasteiger partial charge is 0.275 e. The number of amides is 1. The first-order valence-electron chi connectivity index (χ1n) is 11.3.